The smallest absolute Gasteiger partial charge is 0.289 e. The van der Waals surface area contributed by atoms with Crippen LogP contribution in [0.2, 0.25) is 0 Å². The summed E-state index contributed by atoms with van der Waals surface area (Å²) in [5.74, 6) is 0.351. The van der Waals surface area contributed by atoms with E-state index in [9.17, 15) is 4.79 Å². The average Bonchev–Trinajstić information content (AvgIpc) is 2.34. The molecule has 0 aliphatic rings. The number of carbonyl (C=O) groups excluding carboxylic acids is 1. The van der Waals surface area contributed by atoms with Crippen molar-refractivity contribution in [2.45, 2.75) is 0 Å². The van der Waals surface area contributed by atoms with Crippen molar-refractivity contribution in [3.8, 4) is 0 Å². The van der Waals surface area contributed by atoms with E-state index >= 15 is 0 Å². The maximum atomic E-state index is 11.1. The minimum Gasteiger partial charge on any atom is -0.436 e. The summed E-state index contributed by atoms with van der Waals surface area (Å²) < 4.78 is 4.89. The van der Waals surface area contributed by atoms with Crippen LogP contribution in [0.4, 0.5) is 5.88 Å². The molecule has 0 atom stereocenters. The van der Waals surface area contributed by atoms with Crippen LogP contribution in [0.25, 0.3) is 0 Å². The van der Waals surface area contributed by atoms with E-state index in [2.05, 4.69) is 0 Å². The minimum absolute atomic E-state index is 0.179. The highest BCUT2D eigenvalue weighted by Crippen LogP contribution is 2.09. The second kappa shape index (κ2) is 2.65. The van der Waals surface area contributed by atoms with Crippen molar-refractivity contribution in [2.24, 2.45) is 0 Å². The highest BCUT2D eigenvalue weighted by Gasteiger charge is 2.11. The van der Waals surface area contributed by atoms with Gasteiger partial charge in [-0.1, -0.05) is 0 Å². The third-order valence-electron chi connectivity index (χ3n) is 1.24. The normalized spacial score (nSPS) is 9.64. The summed E-state index contributed by atoms with van der Waals surface area (Å²) in [6.45, 7) is 0. The molecular weight excluding hydrogens is 144 g/mol. The maximum absolute atomic E-state index is 11.1. The Morgan fingerprint density at radius 3 is 2.55 bits per heavy atom. The van der Waals surface area contributed by atoms with Gasteiger partial charge in [-0.05, 0) is 6.07 Å². The van der Waals surface area contributed by atoms with Crippen LogP contribution in [0.3, 0.4) is 0 Å². The molecule has 0 radical (unpaired) electrons. The van der Waals surface area contributed by atoms with Crippen molar-refractivity contribution in [2.75, 3.05) is 19.8 Å². The molecule has 0 spiro atoms. The SMILES string of the molecule is CN(C)C(=O)c1ccc(N)o1. The molecule has 4 heteroatoms. The van der Waals surface area contributed by atoms with E-state index in [0.29, 0.717) is 0 Å². The van der Waals surface area contributed by atoms with Gasteiger partial charge >= 0.3 is 0 Å². The van der Waals surface area contributed by atoms with Crippen molar-refractivity contribution in [1.82, 2.24) is 4.90 Å². The van der Waals surface area contributed by atoms with Gasteiger partial charge < -0.3 is 15.1 Å². The third kappa shape index (κ3) is 1.52. The Balaban J connectivity index is 2.85. The van der Waals surface area contributed by atoms with Gasteiger partial charge in [-0.15, -0.1) is 0 Å². The molecule has 0 unspecified atom stereocenters. The Bertz CT molecular complexity index is 265. The van der Waals surface area contributed by atoms with Crippen molar-refractivity contribution < 1.29 is 9.21 Å². The van der Waals surface area contributed by atoms with Gasteiger partial charge in [0.2, 0.25) is 0 Å². The van der Waals surface area contributed by atoms with Crippen LogP contribution in [-0.4, -0.2) is 24.9 Å². The zero-order valence-corrected chi connectivity index (χ0v) is 6.50. The van der Waals surface area contributed by atoms with Gasteiger partial charge in [0.15, 0.2) is 11.6 Å². The van der Waals surface area contributed by atoms with Crippen LogP contribution in [0, 0.1) is 0 Å². The predicted octanol–water partition coefficient (Wildman–Crippen LogP) is 0.564. The highest BCUT2D eigenvalue weighted by atomic mass is 16.4. The van der Waals surface area contributed by atoms with Crippen LogP contribution < -0.4 is 5.73 Å². The lowest BCUT2D eigenvalue weighted by Crippen LogP contribution is -2.20. The van der Waals surface area contributed by atoms with E-state index < -0.39 is 0 Å². The second-order valence-corrected chi connectivity index (χ2v) is 2.40. The van der Waals surface area contributed by atoms with Crippen molar-refractivity contribution in [3.05, 3.63) is 17.9 Å². The Morgan fingerprint density at radius 1 is 1.55 bits per heavy atom. The minimum atomic E-state index is -0.179. The summed E-state index contributed by atoms with van der Waals surface area (Å²) >= 11 is 0. The zero-order valence-electron chi connectivity index (χ0n) is 6.50. The number of rotatable bonds is 1. The number of nitrogen functional groups attached to an aromatic ring is 1. The highest BCUT2D eigenvalue weighted by molar-refractivity contribution is 5.91. The molecule has 0 bridgehead atoms. The van der Waals surface area contributed by atoms with Crippen molar-refractivity contribution in [1.29, 1.82) is 0 Å². The molecule has 2 N–H and O–H groups in total. The molecule has 11 heavy (non-hydrogen) atoms. The standard InChI is InChI=1S/C7H10N2O2/c1-9(2)7(10)5-3-4-6(8)11-5/h3-4H,8H2,1-2H3. The molecular formula is C7H10N2O2. The fourth-order valence-electron chi connectivity index (χ4n) is 0.688. The number of anilines is 1. The first kappa shape index (κ1) is 7.65. The summed E-state index contributed by atoms with van der Waals surface area (Å²) in [4.78, 5) is 12.6. The Hall–Kier alpha value is -1.45. The summed E-state index contributed by atoms with van der Waals surface area (Å²) in [7, 11) is 3.31. The van der Waals surface area contributed by atoms with Crippen LogP contribution in [-0.2, 0) is 0 Å². The first-order chi connectivity index (χ1) is 5.11. The zero-order chi connectivity index (χ0) is 8.43. The van der Waals surface area contributed by atoms with Gasteiger partial charge in [0, 0.05) is 20.2 Å². The molecule has 1 aromatic heterocycles. The largest absolute Gasteiger partial charge is 0.436 e. The summed E-state index contributed by atoms with van der Waals surface area (Å²) in [5, 5.41) is 0. The monoisotopic (exact) mass is 154 g/mol. The predicted molar refractivity (Wildman–Crippen MR) is 41.1 cm³/mol. The molecule has 60 valence electrons. The number of hydrogen-bond acceptors (Lipinski definition) is 3. The fourth-order valence-corrected chi connectivity index (χ4v) is 0.688. The fraction of sp³-hybridized carbons (Fsp3) is 0.286. The van der Waals surface area contributed by atoms with Crippen LogP contribution >= 0.6 is 0 Å². The van der Waals surface area contributed by atoms with Gasteiger partial charge in [-0.3, -0.25) is 4.79 Å². The van der Waals surface area contributed by atoms with Gasteiger partial charge in [0.1, 0.15) is 0 Å². The number of amides is 1. The molecule has 1 heterocycles. The lowest BCUT2D eigenvalue weighted by atomic mass is 10.4. The van der Waals surface area contributed by atoms with E-state index in [1.807, 2.05) is 0 Å². The van der Waals surface area contributed by atoms with Gasteiger partial charge in [0.05, 0.1) is 0 Å². The second-order valence-electron chi connectivity index (χ2n) is 2.40. The first-order valence-electron chi connectivity index (χ1n) is 3.18. The van der Waals surface area contributed by atoms with Gasteiger partial charge in [-0.2, -0.15) is 0 Å². The Kier molecular flexibility index (Phi) is 1.85. The number of carbonyl (C=O) groups is 1. The van der Waals surface area contributed by atoms with E-state index in [4.69, 9.17) is 10.2 Å². The topological polar surface area (TPSA) is 59.5 Å². The molecule has 4 nitrogen and oxygen atoms in total. The van der Waals surface area contributed by atoms with E-state index in [1.165, 1.54) is 4.90 Å². The Labute approximate surface area is 64.6 Å². The van der Waals surface area contributed by atoms with Gasteiger partial charge in [-0.25, -0.2) is 0 Å². The van der Waals surface area contributed by atoms with Crippen molar-refractivity contribution in [3.63, 3.8) is 0 Å². The van der Waals surface area contributed by atoms with E-state index in [1.54, 1.807) is 26.2 Å². The van der Waals surface area contributed by atoms with E-state index in [0.717, 1.165) is 0 Å². The molecule has 0 saturated carbocycles. The lowest BCUT2D eigenvalue weighted by Gasteiger charge is -2.06. The summed E-state index contributed by atoms with van der Waals surface area (Å²) in [5.41, 5.74) is 5.28. The maximum Gasteiger partial charge on any atom is 0.289 e. The number of furan rings is 1. The lowest BCUT2D eigenvalue weighted by molar-refractivity contribution is 0.0798. The quantitative estimate of drug-likeness (QED) is 0.643. The van der Waals surface area contributed by atoms with Gasteiger partial charge in [0.25, 0.3) is 5.91 Å². The Morgan fingerprint density at radius 2 is 2.18 bits per heavy atom. The molecule has 1 aromatic rings. The average molecular weight is 154 g/mol. The molecule has 1 rings (SSSR count). The first-order valence-corrected chi connectivity index (χ1v) is 3.18. The summed E-state index contributed by atoms with van der Waals surface area (Å²) in [6.07, 6.45) is 0. The molecule has 1 amide bonds. The number of hydrogen-bond donors (Lipinski definition) is 1. The third-order valence-corrected chi connectivity index (χ3v) is 1.24. The molecule has 0 aliphatic heterocycles. The number of nitrogens with two attached hydrogens (primary N) is 1. The summed E-state index contributed by atoms with van der Waals surface area (Å²) in [6, 6.07) is 3.11. The van der Waals surface area contributed by atoms with E-state index in [-0.39, 0.29) is 17.6 Å². The van der Waals surface area contributed by atoms with Crippen LogP contribution in [0.5, 0.6) is 0 Å². The molecule has 0 aromatic carbocycles. The van der Waals surface area contributed by atoms with Crippen LogP contribution in [0.1, 0.15) is 10.6 Å². The van der Waals surface area contributed by atoms with Crippen molar-refractivity contribution >= 4 is 11.8 Å². The molecule has 0 aliphatic carbocycles. The molecule has 0 saturated heterocycles. The van der Waals surface area contributed by atoms with Crippen LogP contribution in [0.15, 0.2) is 16.5 Å². The number of nitrogens with zero attached hydrogens (tertiary/aromatic N) is 1. The molecule has 0 fully saturated rings.